The molecule has 1 saturated heterocycles. The zero-order valence-corrected chi connectivity index (χ0v) is 19.5. The first-order chi connectivity index (χ1) is 14.4. The van der Waals surface area contributed by atoms with Crippen LogP contribution in [0.15, 0.2) is 24.3 Å². The number of carbonyl (C=O) groups excluding carboxylic acids is 1. The Hall–Kier alpha value is -1.59. The normalized spacial score (nSPS) is 17.4. The van der Waals surface area contributed by atoms with Gasteiger partial charge in [-0.3, -0.25) is 4.79 Å². The summed E-state index contributed by atoms with van der Waals surface area (Å²) in [6.07, 6.45) is 8.03. The first-order valence-electron chi connectivity index (χ1n) is 11.8. The molecule has 0 radical (unpaired) electrons. The van der Waals surface area contributed by atoms with Crippen LogP contribution in [-0.2, 0) is 9.53 Å². The molecule has 0 aromatic heterocycles. The molecule has 0 aliphatic carbocycles. The number of anilines is 1. The minimum atomic E-state index is -0.813. The quantitative estimate of drug-likeness (QED) is 0.455. The molecule has 0 saturated carbocycles. The van der Waals surface area contributed by atoms with Crippen LogP contribution in [0.25, 0.3) is 0 Å². The van der Waals surface area contributed by atoms with Crippen molar-refractivity contribution < 1.29 is 14.3 Å². The molecule has 1 aromatic rings. The Labute approximate surface area is 183 Å². The van der Waals surface area contributed by atoms with Crippen LogP contribution in [0, 0.1) is 5.92 Å². The number of benzene rings is 1. The van der Waals surface area contributed by atoms with Crippen LogP contribution in [0.4, 0.5) is 5.69 Å². The number of carbonyl (C=O) groups is 1. The van der Waals surface area contributed by atoms with E-state index < -0.39 is 5.60 Å². The van der Waals surface area contributed by atoms with Gasteiger partial charge in [0.2, 0.25) is 0 Å². The molecule has 0 spiro atoms. The standard InChI is InChI=1S/C25H42N2O3/c1-5-18-30-25(4,20-21(2)3)24(28)26-22-11-13-23(14-12-22)29-19-10-17-27-15-8-6-7-9-16-27/h11-14,21H,5-10,15-20H2,1-4H3,(H,26,28)/t25-/m1/s1. The van der Waals surface area contributed by atoms with E-state index in [1.165, 1.54) is 38.8 Å². The van der Waals surface area contributed by atoms with E-state index in [1.807, 2.05) is 31.2 Å². The maximum Gasteiger partial charge on any atom is 0.256 e. The van der Waals surface area contributed by atoms with Gasteiger partial charge in [0.15, 0.2) is 0 Å². The van der Waals surface area contributed by atoms with Crippen LogP contribution in [0.5, 0.6) is 5.75 Å². The van der Waals surface area contributed by atoms with Crippen LogP contribution in [-0.4, -0.2) is 49.3 Å². The third-order valence-electron chi connectivity index (χ3n) is 5.60. The Morgan fingerprint density at radius 1 is 1.10 bits per heavy atom. The number of ether oxygens (including phenoxy) is 2. The summed E-state index contributed by atoms with van der Waals surface area (Å²) in [5.74, 6) is 1.13. The largest absolute Gasteiger partial charge is 0.494 e. The molecule has 2 rings (SSSR count). The number of hydrogen-bond acceptors (Lipinski definition) is 4. The van der Waals surface area contributed by atoms with Crippen molar-refractivity contribution >= 4 is 11.6 Å². The summed E-state index contributed by atoms with van der Waals surface area (Å²) >= 11 is 0. The second kappa shape index (κ2) is 13.0. The van der Waals surface area contributed by atoms with Crippen LogP contribution < -0.4 is 10.1 Å². The molecule has 1 aromatic carbocycles. The Balaban J connectivity index is 1.78. The maximum atomic E-state index is 12.9. The van der Waals surface area contributed by atoms with Crippen LogP contribution in [0.3, 0.4) is 0 Å². The van der Waals surface area contributed by atoms with Crippen LogP contribution in [0.1, 0.15) is 72.6 Å². The minimum Gasteiger partial charge on any atom is -0.494 e. The number of likely N-dealkylation sites (tertiary alicyclic amines) is 1. The Bertz CT molecular complexity index is 609. The van der Waals surface area contributed by atoms with Crippen molar-refractivity contribution in [3.8, 4) is 5.75 Å². The lowest BCUT2D eigenvalue weighted by molar-refractivity contribution is -0.141. The smallest absolute Gasteiger partial charge is 0.256 e. The summed E-state index contributed by atoms with van der Waals surface area (Å²) in [5.41, 5.74) is -0.0425. The van der Waals surface area contributed by atoms with E-state index in [0.717, 1.165) is 37.4 Å². The van der Waals surface area contributed by atoms with Crippen LogP contribution in [0.2, 0.25) is 0 Å². The SMILES string of the molecule is CCCO[C@](C)(CC(C)C)C(=O)Nc1ccc(OCCCN2CCCCCC2)cc1. The molecule has 5 nitrogen and oxygen atoms in total. The molecule has 5 heteroatoms. The highest BCUT2D eigenvalue weighted by Crippen LogP contribution is 2.24. The molecule has 0 unspecified atom stereocenters. The molecular formula is C25H42N2O3. The highest BCUT2D eigenvalue weighted by atomic mass is 16.5. The molecule has 1 fully saturated rings. The van der Waals surface area contributed by atoms with Gasteiger partial charge in [-0.25, -0.2) is 0 Å². The second-order valence-corrected chi connectivity index (χ2v) is 9.11. The van der Waals surface area contributed by atoms with Crippen molar-refractivity contribution in [3.05, 3.63) is 24.3 Å². The average Bonchev–Trinajstić information content (AvgIpc) is 2.99. The molecule has 1 aliphatic heterocycles. The van der Waals surface area contributed by atoms with Gasteiger partial charge in [-0.05, 0) is 82.3 Å². The molecule has 1 aliphatic rings. The molecular weight excluding hydrogens is 376 g/mol. The van der Waals surface area contributed by atoms with Crippen molar-refractivity contribution in [2.45, 2.75) is 78.2 Å². The number of nitrogens with zero attached hydrogens (tertiary/aromatic N) is 1. The van der Waals surface area contributed by atoms with Gasteiger partial charge < -0.3 is 19.7 Å². The Kier molecular flexibility index (Phi) is 10.7. The van der Waals surface area contributed by atoms with Crippen molar-refractivity contribution in [1.82, 2.24) is 4.90 Å². The summed E-state index contributed by atoms with van der Waals surface area (Å²) < 4.78 is 11.8. The topological polar surface area (TPSA) is 50.8 Å². The van der Waals surface area contributed by atoms with Crippen molar-refractivity contribution in [1.29, 1.82) is 0 Å². The Morgan fingerprint density at radius 2 is 1.77 bits per heavy atom. The molecule has 1 heterocycles. The zero-order valence-electron chi connectivity index (χ0n) is 19.5. The van der Waals surface area contributed by atoms with Crippen LogP contribution >= 0.6 is 0 Å². The van der Waals surface area contributed by atoms with Gasteiger partial charge >= 0.3 is 0 Å². The van der Waals surface area contributed by atoms with Gasteiger partial charge in [0.1, 0.15) is 11.4 Å². The number of rotatable bonds is 12. The summed E-state index contributed by atoms with van der Waals surface area (Å²) in [6, 6.07) is 7.65. The van der Waals surface area contributed by atoms with E-state index in [4.69, 9.17) is 9.47 Å². The molecule has 170 valence electrons. The molecule has 1 amide bonds. The fourth-order valence-corrected chi connectivity index (χ4v) is 4.06. The van der Waals surface area contributed by atoms with Gasteiger partial charge in [-0.1, -0.05) is 33.6 Å². The van der Waals surface area contributed by atoms with Crippen molar-refractivity contribution in [2.24, 2.45) is 5.92 Å². The monoisotopic (exact) mass is 418 g/mol. The first kappa shape index (κ1) is 24.7. The summed E-state index contributed by atoms with van der Waals surface area (Å²) in [7, 11) is 0. The fourth-order valence-electron chi connectivity index (χ4n) is 4.06. The highest BCUT2D eigenvalue weighted by Gasteiger charge is 2.34. The lowest BCUT2D eigenvalue weighted by Gasteiger charge is -2.30. The van der Waals surface area contributed by atoms with Gasteiger partial charge in [-0.2, -0.15) is 0 Å². The van der Waals surface area contributed by atoms with Gasteiger partial charge in [0.25, 0.3) is 5.91 Å². The third-order valence-corrected chi connectivity index (χ3v) is 5.60. The van der Waals surface area contributed by atoms with E-state index >= 15 is 0 Å². The highest BCUT2D eigenvalue weighted by molar-refractivity contribution is 5.97. The van der Waals surface area contributed by atoms with E-state index in [9.17, 15) is 4.79 Å². The predicted octanol–water partition coefficient (Wildman–Crippen LogP) is 5.50. The van der Waals surface area contributed by atoms with E-state index in [2.05, 4.69) is 31.0 Å². The average molecular weight is 419 g/mol. The molecule has 1 atom stereocenters. The lowest BCUT2D eigenvalue weighted by Crippen LogP contribution is -2.44. The van der Waals surface area contributed by atoms with Gasteiger partial charge in [0.05, 0.1) is 6.61 Å². The second-order valence-electron chi connectivity index (χ2n) is 9.11. The van der Waals surface area contributed by atoms with Gasteiger partial charge in [-0.15, -0.1) is 0 Å². The first-order valence-corrected chi connectivity index (χ1v) is 11.8. The van der Waals surface area contributed by atoms with E-state index in [-0.39, 0.29) is 5.91 Å². The number of nitrogens with one attached hydrogen (secondary N) is 1. The fraction of sp³-hybridized carbons (Fsp3) is 0.720. The number of amides is 1. The zero-order chi connectivity index (χ0) is 21.8. The van der Waals surface area contributed by atoms with Crippen molar-refractivity contribution in [2.75, 3.05) is 38.2 Å². The number of hydrogen-bond donors (Lipinski definition) is 1. The Morgan fingerprint density at radius 3 is 2.37 bits per heavy atom. The van der Waals surface area contributed by atoms with E-state index in [1.54, 1.807) is 0 Å². The molecule has 30 heavy (non-hydrogen) atoms. The minimum absolute atomic E-state index is 0.0873. The third kappa shape index (κ3) is 8.65. The summed E-state index contributed by atoms with van der Waals surface area (Å²) in [5, 5.41) is 3.01. The maximum absolute atomic E-state index is 12.9. The predicted molar refractivity (Wildman–Crippen MR) is 124 cm³/mol. The lowest BCUT2D eigenvalue weighted by atomic mass is 9.93. The van der Waals surface area contributed by atoms with Gasteiger partial charge in [0, 0.05) is 18.8 Å². The summed E-state index contributed by atoms with van der Waals surface area (Å²) in [6.45, 7) is 13.0. The van der Waals surface area contributed by atoms with Crippen molar-refractivity contribution in [3.63, 3.8) is 0 Å². The summed E-state index contributed by atoms with van der Waals surface area (Å²) in [4.78, 5) is 15.4. The molecule has 0 bridgehead atoms. The molecule has 1 N–H and O–H groups in total. The van der Waals surface area contributed by atoms with E-state index in [0.29, 0.717) is 18.9 Å².